The minimum absolute atomic E-state index is 0. The van der Waals surface area contributed by atoms with Crippen LogP contribution in [0.5, 0.6) is 0 Å². The number of halogens is 4. The van der Waals surface area contributed by atoms with Crippen LogP contribution in [-0.2, 0) is 39.5 Å². The Kier molecular flexibility index (Phi) is 14.1. The fraction of sp³-hybridized carbons (Fsp3) is 0.217. The Bertz CT molecular complexity index is 1940. The molecule has 0 saturated carbocycles. The van der Waals surface area contributed by atoms with Crippen LogP contribution in [0.3, 0.4) is 0 Å². The number of hydrogen-bond donors (Lipinski definition) is 0. The van der Waals surface area contributed by atoms with E-state index >= 15 is 0 Å². The maximum Gasteiger partial charge on any atom is -0.172 e. The Labute approximate surface area is 338 Å². The molecule has 0 fully saturated rings. The van der Waals surface area contributed by atoms with Crippen LogP contribution in [-0.4, -0.2) is 7.42 Å². The van der Waals surface area contributed by atoms with E-state index in [-0.39, 0.29) is 35.6 Å². The molecule has 5 aromatic carbocycles. The second-order valence-electron chi connectivity index (χ2n) is 14.5. The van der Waals surface area contributed by atoms with E-state index in [1.54, 1.807) is 0 Å². The summed E-state index contributed by atoms with van der Waals surface area (Å²) in [6.45, 7) is 13.9. The van der Waals surface area contributed by atoms with E-state index in [1.165, 1.54) is 66.8 Å². The van der Waals surface area contributed by atoms with Crippen molar-refractivity contribution in [3.8, 4) is 11.1 Å². The van der Waals surface area contributed by atoms with Crippen LogP contribution in [0.15, 0.2) is 115 Å². The van der Waals surface area contributed by atoms with Crippen molar-refractivity contribution in [2.24, 2.45) is 0 Å². The van der Waals surface area contributed by atoms with Crippen molar-refractivity contribution in [1.82, 2.24) is 0 Å². The zero-order chi connectivity index (χ0) is 34.8. The summed E-state index contributed by atoms with van der Waals surface area (Å²) in [5, 5.41) is 1.57. The first-order chi connectivity index (χ1) is 23.4. The molecule has 0 radical (unpaired) electrons. The van der Waals surface area contributed by atoms with Gasteiger partial charge >= 0.3 is 123 Å². The molecule has 0 bridgehead atoms. The van der Waals surface area contributed by atoms with E-state index in [4.69, 9.17) is 23.2 Å². The number of fused-ring (bicyclic) bond motifs is 5. The van der Waals surface area contributed by atoms with Gasteiger partial charge in [-0.05, 0) is 70.2 Å². The molecule has 0 unspecified atom stereocenters. The largest absolute Gasteiger partial charge is 0.214 e. The monoisotopic (exact) mass is 828 g/mol. The summed E-state index contributed by atoms with van der Waals surface area (Å²) in [4.78, 5) is 0. The van der Waals surface area contributed by atoms with Gasteiger partial charge in [-0.1, -0.05) is 62.9 Å². The van der Waals surface area contributed by atoms with Gasteiger partial charge in [0.15, 0.2) is 0 Å². The summed E-state index contributed by atoms with van der Waals surface area (Å²) >= 11 is 11.0. The molecule has 51 heavy (non-hydrogen) atoms. The Balaban J connectivity index is 0.000000208. The first kappa shape index (κ1) is 41.1. The van der Waals surface area contributed by atoms with Gasteiger partial charge in [0, 0.05) is 0 Å². The quantitative estimate of drug-likeness (QED) is 0.153. The van der Waals surface area contributed by atoms with Gasteiger partial charge in [0.05, 0.1) is 0 Å². The van der Waals surface area contributed by atoms with Gasteiger partial charge in [0.25, 0.3) is 0 Å². The molecule has 0 amide bonds. The molecule has 8 rings (SSSR count). The topological polar surface area (TPSA) is 0 Å². The number of allylic oxidation sites excluding steroid dienone is 4. The summed E-state index contributed by atoms with van der Waals surface area (Å²) in [6, 6.07) is 35.9. The number of benzene rings is 4. The van der Waals surface area contributed by atoms with Crippen LogP contribution >= 0.6 is 48.0 Å². The zero-order valence-corrected chi connectivity index (χ0v) is 35.8. The summed E-state index contributed by atoms with van der Waals surface area (Å²) in [7, 11) is 0. The first-order valence-electron chi connectivity index (χ1n) is 17.1. The minimum Gasteiger partial charge on any atom is -0.214 e. The van der Waals surface area contributed by atoms with Crippen molar-refractivity contribution in [3.05, 3.63) is 176 Å². The minimum atomic E-state index is -0.623. The van der Waals surface area contributed by atoms with Gasteiger partial charge in [-0.2, -0.15) is 23.8 Å². The number of rotatable bonds is 2. The molecule has 3 aliphatic carbocycles. The van der Waals surface area contributed by atoms with Crippen molar-refractivity contribution in [3.63, 3.8) is 0 Å². The fourth-order valence-electron chi connectivity index (χ4n) is 6.85. The molecule has 0 aromatic heterocycles. The van der Waals surface area contributed by atoms with Crippen molar-refractivity contribution in [1.29, 1.82) is 0 Å². The van der Waals surface area contributed by atoms with Gasteiger partial charge < -0.3 is 0 Å². The van der Waals surface area contributed by atoms with E-state index in [1.807, 2.05) is 54.6 Å². The van der Waals surface area contributed by atoms with Gasteiger partial charge in [-0.15, -0.1) is 37.3 Å². The van der Waals surface area contributed by atoms with E-state index in [9.17, 15) is 0 Å². The zero-order valence-electron chi connectivity index (χ0n) is 30.2. The van der Waals surface area contributed by atoms with Crippen molar-refractivity contribution in [2.75, 3.05) is 0 Å². The Morgan fingerprint density at radius 3 is 1.63 bits per heavy atom. The SMILES string of the molecule is CC1=C[CH-]C(C)(C)c2cc3c(cc21)-c1cc2c(cc1C3)C(C)(C)CC=C2C.Cl.Cl.Clc1ccc([CH]=[Zr]=[CH]c2ccc(Cl)cc2)cc1.c1cc[cH-]c1. The summed E-state index contributed by atoms with van der Waals surface area (Å²) in [5.41, 5.74) is 17.5. The first-order valence-corrected chi connectivity index (χ1v) is 20.7. The van der Waals surface area contributed by atoms with Crippen LogP contribution in [0.4, 0.5) is 0 Å². The van der Waals surface area contributed by atoms with Crippen molar-refractivity contribution >= 4 is 66.6 Å². The van der Waals surface area contributed by atoms with E-state index in [2.05, 4.69) is 116 Å². The molecule has 0 aliphatic heterocycles. The molecule has 264 valence electrons. The van der Waals surface area contributed by atoms with E-state index < -0.39 is 22.3 Å². The van der Waals surface area contributed by atoms with Crippen molar-refractivity contribution in [2.45, 2.75) is 65.2 Å². The summed E-state index contributed by atoms with van der Waals surface area (Å²) < 4.78 is 4.66. The molecule has 3 aliphatic rings. The molecule has 0 atom stereocenters. The molecule has 0 nitrogen and oxygen atoms in total. The molecular weight excluding hydrogens is 786 g/mol. The van der Waals surface area contributed by atoms with E-state index in [0.717, 1.165) is 22.9 Å². The van der Waals surface area contributed by atoms with Gasteiger partial charge in [0.2, 0.25) is 0 Å². The number of hydrogen-bond acceptors (Lipinski definition) is 0. The van der Waals surface area contributed by atoms with Gasteiger partial charge in [0.1, 0.15) is 0 Å². The van der Waals surface area contributed by atoms with Crippen LogP contribution in [0.1, 0.15) is 92.5 Å². The Hall–Kier alpha value is -2.64. The molecule has 0 saturated heterocycles. The Morgan fingerprint density at radius 2 is 1.14 bits per heavy atom. The van der Waals surface area contributed by atoms with Crippen LogP contribution in [0.2, 0.25) is 10.0 Å². The third-order valence-corrected chi connectivity index (χ3v) is 12.9. The normalized spacial score (nSPS) is 14.8. The maximum atomic E-state index is 5.84. The molecule has 5 heteroatoms. The van der Waals surface area contributed by atoms with Crippen LogP contribution in [0, 0.1) is 6.42 Å². The third kappa shape index (κ3) is 9.68. The molecule has 0 heterocycles. The maximum absolute atomic E-state index is 5.84. The second-order valence-corrected chi connectivity index (χ2v) is 17.6. The predicted octanol–water partition coefficient (Wildman–Crippen LogP) is 13.6. The Morgan fingerprint density at radius 1 is 0.647 bits per heavy atom. The van der Waals surface area contributed by atoms with Gasteiger partial charge in [-0.3, -0.25) is 0 Å². The average molecular weight is 832 g/mol. The predicted molar refractivity (Wildman–Crippen MR) is 227 cm³/mol. The van der Waals surface area contributed by atoms with E-state index in [0.29, 0.717) is 0 Å². The van der Waals surface area contributed by atoms with Crippen LogP contribution < -0.4 is 0 Å². The smallest absolute Gasteiger partial charge is 0.172 e. The molecule has 5 aromatic rings. The third-order valence-electron chi connectivity index (χ3n) is 9.89. The molecule has 0 N–H and O–H groups in total. The molecular formula is C46H46Cl4Zr-2. The molecule has 0 spiro atoms. The summed E-state index contributed by atoms with van der Waals surface area (Å²) in [5.74, 6) is 0. The second kappa shape index (κ2) is 17.5. The van der Waals surface area contributed by atoms with Crippen LogP contribution in [0.25, 0.3) is 22.3 Å². The average Bonchev–Trinajstić information content (AvgIpc) is 3.78. The van der Waals surface area contributed by atoms with Gasteiger partial charge in [-0.25, -0.2) is 24.6 Å². The fourth-order valence-corrected chi connectivity index (χ4v) is 9.20. The summed E-state index contributed by atoms with van der Waals surface area (Å²) in [6.07, 6.45) is 9.28. The standard InChI is InChI=1S/C27H29.2C7H5Cl.C5H5.2ClH.Zr/c1-16-7-9-26(3,4)24-12-18-11-19-13-25-21(17(2)8-10-27(25,5)6)15-23(19)22(18)14-20(16)24;2*1-6-2-4-7(8)5-3-6;1-2-4-5-3-1;;;/h7-9,12-15H,10-11H2,1-6H3;2*1-5H;1-5H;2*1H;/q-1;;;-1;;;. The van der Waals surface area contributed by atoms with Crippen molar-refractivity contribution < 1.29 is 22.3 Å².